The molecule has 2 aromatic carbocycles. The maximum Gasteiger partial charge on any atom is 0.416 e. The maximum absolute atomic E-state index is 13.4. The number of benzene rings is 2. The van der Waals surface area contributed by atoms with Crippen molar-refractivity contribution in [3.8, 4) is 0 Å². The van der Waals surface area contributed by atoms with Crippen LogP contribution in [0.5, 0.6) is 0 Å². The van der Waals surface area contributed by atoms with Crippen LogP contribution in [-0.2, 0) is 20.6 Å². The summed E-state index contributed by atoms with van der Waals surface area (Å²) in [6.07, 6.45) is -4.18. The lowest BCUT2D eigenvalue weighted by molar-refractivity contribution is -0.137. The summed E-state index contributed by atoms with van der Waals surface area (Å²) in [6, 6.07) is 13.9. The molecule has 2 fully saturated rings. The number of furan rings is 1. The molecule has 2 saturated heterocycles. The molecule has 2 amide bonds. The molecule has 0 saturated carbocycles. The number of hydroxylamine groups is 1. The highest BCUT2D eigenvalue weighted by Gasteiger charge is 2.61. The van der Waals surface area contributed by atoms with E-state index in [1.807, 2.05) is 31.2 Å². The number of amides is 2. The van der Waals surface area contributed by atoms with Gasteiger partial charge >= 0.3 is 6.18 Å². The summed E-state index contributed by atoms with van der Waals surface area (Å²) >= 11 is 0. The zero-order chi connectivity index (χ0) is 22.6. The maximum atomic E-state index is 13.4. The minimum atomic E-state index is -4.52. The topological polar surface area (TPSA) is 63.0 Å². The smallest absolute Gasteiger partial charge is 0.416 e. The molecule has 32 heavy (non-hydrogen) atoms. The first kappa shape index (κ1) is 20.3. The van der Waals surface area contributed by atoms with Crippen LogP contribution in [0.25, 0.3) is 0 Å². The van der Waals surface area contributed by atoms with Crippen LogP contribution in [0, 0.1) is 12.8 Å². The molecule has 6 nitrogen and oxygen atoms in total. The first-order chi connectivity index (χ1) is 15.3. The largest absolute Gasteiger partial charge is 0.467 e. The highest BCUT2D eigenvalue weighted by molar-refractivity contribution is 6.23. The third kappa shape index (κ3) is 3.16. The van der Waals surface area contributed by atoms with Crippen molar-refractivity contribution in [3.63, 3.8) is 0 Å². The van der Waals surface area contributed by atoms with Crippen LogP contribution in [0.3, 0.4) is 0 Å². The number of alkyl halides is 3. The third-order valence-electron chi connectivity index (χ3n) is 5.69. The van der Waals surface area contributed by atoms with E-state index < -0.39 is 41.6 Å². The molecule has 3 atom stereocenters. The molecule has 0 spiro atoms. The van der Waals surface area contributed by atoms with Crippen molar-refractivity contribution in [3.05, 3.63) is 83.8 Å². The van der Waals surface area contributed by atoms with Crippen molar-refractivity contribution < 1.29 is 32.0 Å². The van der Waals surface area contributed by atoms with Crippen LogP contribution in [0.2, 0.25) is 0 Å². The second kappa shape index (κ2) is 7.23. The fourth-order valence-electron chi connectivity index (χ4n) is 4.13. The van der Waals surface area contributed by atoms with Gasteiger partial charge in [-0.05, 0) is 55.5 Å². The number of rotatable bonds is 3. The molecular formula is C23H17F3N2O4. The number of aryl methyl sites for hydroxylation is 1. The Balaban J connectivity index is 1.51. The zero-order valence-corrected chi connectivity index (χ0v) is 16.7. The Morgan fingerprint density at radius 2 is 1.53 bits per heavy atom. The van der Waals surface area contributed by atoms with Crippen molar-refractivity contribution in [2.24, 2.45) is 5.92 Å². The highest BCUT2D eigenvalue weighted by atomic mass is 19.4. The lowest BCUT2D eigenvalue weighted by Gasteiger charge is -2.27. The van der Waals surface area contributed by atoms with Crippen molar-refractivity contribution >= 4 is 23.2 Å². The summed E-state index contributed by atoms with van der Waals surface area (Å²) in [5, 5.41) is 1.49. The second-order valence-corrected chi connectivity index (χ2v) is 7.73. The van der Waals surface area contributed by atoms with Gasteiger partial charge < -0.3 is 4.42 Å². The number of anilines is 2. The van der Waals surface area contributed by atoms with Crippen LogP contribution >= 0.6 is 0 Å². The van der Waals surface area contributed by atoms with Gasteiger partial charge in [-0.1, -0.05) is 17.7 Å². The van der Waals surface area contributed by atoms with E-state index in [2.05, 4.69) is 0 Å². The number of fused-ring (bicyclic) bond motifs is 1. The van der Waals surface area contributed by atoms with Crippen molar-refractivity contribution in [1.82, 2.24) is 0 Å². The number of carbonyl (C=O) groups excluding carboxylic acids is 2. The lowest BCUT2D eigenvalue weighted by atomic mass is 9.94. The first-order valence-electron chi connectivity index (χ1n) is 9.87. The molecule has 0 bridgehead atoms. The van der Waals surface area contributed by atoms with E-state index in [-0.39, 0.29) is 5.69 Å². The Bertz CT molecular complexity index is 1160. The van der Waals surface area contributed by atoms with Crippen LogP contribution in [-0.4, -0.2) is 17.9 Å². The van der Waals surface area contributed by atoms with Gasteiger partial charge in [0.15, 0.2) is 6.10 Å². The van der Waals surface area contributed by atoms with Gasteiger partial charge in [-0.3, -0.25) is 14.4 Å². The molecule has 1 aromatic heterocycles. The predicted molar refractivity (Wildman–Crippen MR) is 107 cm³/mol. The standard InChI is InChI=1S/C23H17F3N2O4/c1-13-4-8-16(9-5-13)28-19(17-3-2-12-31-17)18-20(32-28)22(30)27(21(18)29)15-10-6-14(7-11-15)23(24,25)26/h2-12,18-20H,1H3/t18-,19+,20+/m1/s1. The van der Waals surface area contributed by atoms with Crippen LogP contribution in [0.15, 0.2) is 71.3 Å². The Labute approximate surface area is 180 Å². The molecular weight excluding hydrogens is 425 g/mol. The second-order valence-electron chi connectivity index (χ2n) is 7.73. The van der Waals surface area contributed by atoms with Gasteiger partial charge in [0, 0.05) is 0 Å². The minimum absolute atomic E-state index is 0.0612. The Hall–Kier alpha value is -3.59. The summed E-state index contributed by atoms with van der Waals surface area (Å²) in [4.78, 5) is 33.3. The summed E-state index contributed by atoms with van der Waals surface area (Å²) in [5.41, 5.74) is 0.873. The summed E-state index contributed by atoms with van der Waals surface area (Å²) in [6.45, 7) is 1.93. The van der Waals surface area contributed by atoms with Crippen LogP contribution in [0.1, 0.15) is 22.9 Å². The van der Waals surface area contributed by atoms with Gasteiger partial charge in [-0.15, -0.1) is 0 Å². The highest BCUT2D eigenvalue weighted by Crippen LogP contribution is 2.47. The summed E-state index contributed by atoms with van der Waals surface area (Å²) in [7, 11) is 0. The van der Waals surface area contributed by atoms with E-state index in [0.29, 0.717) is 11.4 Å². The van der Waals surface area contributed by atoms with E-state index in [1.165, 1.54) is 11.3 Å². The Kier molecular flexibility index (Phi) is 4.59. The number of hydrogen-bond acceptors (Lipinski definition) is 5. The molecule has 0 N–H and O–H groups in total. The molecule has 164 valence electrons. The van der Waals surface area contributed by atoms with E-state index in [9.17, 15) is 22.8 Å². The van der Waals surface area contributed by atoms with Gasteiger partial charge in [-0.2, -0.15) is 13.2 Å². The molecule has 3 aromatic rings. The number of hydrogen-bond donors (Lipinski definition) is 0. The van der Waals surface area contributed by atoms with E-state index >= 15 is 0 Å². The minimum Gasteiger partial charge on any atom is -0.467 e. The van der Waals surface area contributed by atoms with Crippen molar-refractivity contribution in [2.75, 3.05) is 9.96 Å². The Morgan fingerprint density at radius 1 is 0.875 bits per heavy atom. The average molecular weight is 442 g/mol. The third-order valence-corrected chi connectivity index (χ3v) is 5.69. The van der Waals surface area contributed by atoms with E-state index in [1.54, 1.807) is 12.1 Å². The SMILES string of the molecule is Cc1ccc(N2O[C@@H]3C(=O)N(c4ccc(C(F)(F)F)cc4)C(=O)[C@@H]3[C@@H]2c2ccco2)cc1. The fraction of sp³-hybridized carbons (Fsp3) is 0.217. The van der Waals surface area contributed by atoms with E-state index in [0.717, 1.165) is 34.7 Å². The monoisotopic (exact) mass is 442 g/mol. The van der Waals surface area contributed by atoms with Gasteiger partial charge in [-0.25, -0.2) is 9.96 Å². The molecule has 0 aliphatic carbocycles. The van der Waals surface area contributed by atoms with Gasteiger partial charge in [0.2, 0.25) is 5.91 Å². The fourth-order valence-corrected chi connectivity index (χ4v) is 4.13. The molecule has 2 aliphatic heterocycles. The molecule has 0 unspecified atom stereocenters. The lowest BCUT2D eigenvalue weighted by Crippen LogP contribution is -2.37. The molecule has 2 aliphatic rings. The summed E-state index contributed by atoms with van der Waals surface area (Å²) in [5.74, 6) is -1.67. The van der Waals surface area contributed by atoms with Crippen LogP contribution < -0.4 is 9.96 Å². The molecule has 5 rings (SSSR count). The number of imide groups is 1. The average Bonchev–Trinajstić information content (AvgIpc) is 3.46. The quantitative estimate of drug-likeness (QED) is 0.553. The van der Waals surface area contributed by atoms with E-state index in [4.69, 9.17) is 9.25 Å². The molecule has 9 heteroatoms. The van der Waals surface area contributed by atoms with Gasteiger partial charge in [0.1, 0.15) is 17.7 Å². The zero-order valence-electron chi connectivity index (χ0n) is 16.7. The summed E-state index contributed by atoms with van der Waals surface area (Å²) < 4.78 is 44.2. The normalized spacial score (nSPS) is 23.2. The van der Waals surface area contributed by atoms with Crippen molar-refractivity contribution in [1.29, 1.82) is 0 Å². The van der Waals surface area contributed by atoms with Crippen LogP contribution in [0.4, 0.5) is 24.5 Å². The molecule has 3 heterocycles. The number of carbonyl (C=O) groups is 2. The van der Waals surface area contributed by atoms with Gasteiger partial charge in [0.05, 0.1) is 23.2 Å². The van der Waals surface area contributed by atoms with Crippen molar-refractivity contribution in [2.45, 2.75) is 25.2 Å². The first-order valence-corrected chi connectivity index (χ1v) is 9.87. The predicted octanol–water partition coefficient (Wildman–Crippen LogP) is 4.66. The van der Waals surface area contributed by atoms with Gasteiger partial charge in [0.25, 0.3) is 5.91 Å². The Morgan fingerprint density at radius 3 is 2.12 bits per heavy atom. The number of nitrogens with zero attached hydrogens (tertiary/aromatic N) is 2. The number of halogens is 3. The molecule has 0 radical (unpaired) electrons.